The molecule has 0 bridgehead atoms. The van der Waals surface area contributed by atoms with E-state index in [2.05, 4.69) is 0 Å². The first-order valence-electron chi connectivity index (χ1n) is 9.58. The minimum atomic E-state index is -0.403. The zero-order valence-electron chi connectivity index (χ0n) is 17.6. The van der Waals surface area contributed by atoms with Gasteiger partial charge in [-0.3, -0.25) is 4.79 Å². The van der Waals surface area contributed by atoms with Crippen LogP contribution in [0.2, 0.25) is 0 Å². The monoisotopic (exact) mass is 420 g/mol. The Morgan fingerprint density at radius 3 is 2.29 bits per heavy atom. The predicted octanol–water partition coefficient (Wildman–Crippen LogP) is 4.89. The molecule has 3 aromatic carbocycles. The van der Waals surface area contributed by atoms with Crippen molar-refractivity contribution in [3.8, 4) is 28.7 Å². The zero-order chi connectivity index (χ0) is 22.2. The highest BCUT2D eigenvalue weighted by Crippen LogP contribution is 2.34. The molecule has 0 radical (unpaired) electrons. The van der Waals surface area contributed by atoms with Crippen LogP contribution in [0.1, 0.15) is 21.5 Å². The summed E-state index contributed by atoms with van der Waals surface area (Å²) in [6, 6.07) is 18.1. The van der Waals surface area contributed by atoms with Crippen LogP contribution in [0.4, 0.5) is 0 Å². The summed E-state index contributed by atoms with van der Waals surface area (Å²) in [5.74, 6) is 1.16. The van der Waals surface area contributed by atoms with E-state index in [4.69, 9.17) is 18.9 Å². The molecule has 0 saturated carbocycles. The summed E-state index contributed by atoms with van der Waals surface area (Å²) in [5, 5.41) is 10.2. The maximum Gasteiger partial charge on any atom is 0.193 e. The Labute approximate surface area is 181 Å². The van der Waals surface area contributed by atoms with E-state index in [1.807, 2.05) is 36.4 Å². The van der Waals surface area contributed by atoms with Crippen molar-refractivity contribution in [3.05, 3.63) is 83.4 Å². The van der Waals surface area contributed by atoms with Gasteiger partial charge in [-0.05, 0) is 29.3 Å². The lowest BCUT2D eigenvalue weighted by atomic mass is 10.1. The zero-order valence-corrected chi connectivity index (χ0v) is 17.6. The lowest BCUT2D eigenvalue weighted by molar-refractivity contribution is 0.104. The van der Waals surface area contributed by atoms with Gasteiger partial charge in [0.25, 0.3) is 0 Å². The van der Waals surface area contributed by atoms with Gasteiger partial charge in [0.15, 0.2) is 17.3 Å². The summed E-state index contributed by atoms with van der Waals surface area (Å²) in [5.41, 5.74) is 1.83. The molecule has 0 heterocycles. The molecular weight excluding hydrogens is 396 g/mol. The molecular formula is C25H24O6. The molecule has 0 aliphatic carbocycles. The second-order valence-electron chi connectivity index (χ2n) is 6.61. The number of rotatable bonds is 9. The standard InChI is InChI=1S/C25H24O6/c1-28-19-14-21(27)25(24(15-19)30-3)20(26)11-9-17-10-12-22(29-2)23(13-17)31-16-18-7-5-4-6-8-18/h4-15,27H,16H2,1-3H3/b11-9+. The van der Waals surface area contributed by atoms with Crippen LogP contribution in [-0.2, 0) is 6.61 Å². The molecule has 0 fully saturated rings. The number of aromatic hydroxyl groups is 1. The summed E-state index contributed by atoms with van der Waals surface area (Å²) < 4.78 is 21.6. The van der Waals surface area contributed by atoms with Crippen LogP contribution in [0, 0.1) is 0 Å². The minimum Gasteiger partial charge on any atom is -0.507 e. The maximum absolute atomic E-state index is 12.7. The molecule has 6 heteroatoms. The number of methoxy groups -OCH3 is 3. The number of phenols is 1. The van der Waals surface area contributed by atoms with E-state index in [0.29, 0.717) is 23.9 Å². The molecule has 3 aromatic rings. The number of phenolic OH excluding ortho intramolecular Hbond substituents is 1. The second kappa shape index (κ2) is 10.2. The Bertz CT molecular complexity index is 1070. The molecule has 160 valence electrons. The third-order valence-electron chi connectivity index (χ3n) is 4.61. The smallest absolute Gasteiger partial charge is 0.193 e. The molecule has 0 unspecified atom stereocenters. The van der Waals surface area contributed by atoms with E-state index in [1.165, 1.54) is 26.4 Å². The van der Waals surface area contributed by atoms with Crippen molar-refractivity contribution in [2.24, 2.45) is 0 Å². The van der Waals surface area contributed by atoms with Gasteiger partial charge in [-0.2, -0.15) is 0 Å². The number of hydrogen-bond acceptors (Lipinski definition) is 6. The Balaban J connectivity index is 1.81. The Hall–Kier alpha value is -3.93. The number of ether oxygens (including phenoxy) is 4. The van der Waals surface area contributed by atoms with Crippen LogP contribution in [-0.4, -0.2) is 32.2 Å². The SMILES string of the molecule is COc1cc(O)c(C(=O)/C=C/c2ccc(OC)c(OCc3ccccc3)c2)c(OC)c1. The average Bonchev–Trinajstić information content (AvgIpc) is 2.81. The quantitative estimate of drug-likeness (QED) is 0.392. The Kier molecular flexibility index (Phi) is 7.17. The number of carbonyl (C=O) groups excluding carboxylic acids is 1. The average molecular weight is 420 g/mol. The van der Waals surface area contributed by atoms with E-state index in [-0.39, 0.29) is 17.1 Å². The molecule has 31 heavy (non-hydrogen) atoms. The number of benzene rings is 3. The fraction of sp³-hybridized carbons (Fsp3) is 0.160. The van der Waals surface area contributed by atoms with Crippen molar-refractivity contribution in [2.45, 2.75) is 6.61 Å². The van der Waals surface area contributed by atoms with Gasteiger partial charge in [0.05, 0.1) is 21.3 Å². The first-order valence-corrected chi connectivity index (χ1v) is 9.58. The van der Waals surface area contributed by atoms with Crippen molar-refractivity contribution in [1.82, 2.24) is 0 Å². The lowest BCUT2D eigenvalue weighted by Gasteiger charge is -2.12. The first kappa shape index (κ1) is 21.8. The Morgan fingerprint density at radius 1 is 0.871 bits per heavy atom. The summed E-state index contributed by atoms with van der Waals surface area (Å²) in [6.45, 7) is 0.389. The highest BCUT2D eigenvalue weighted by molar-refractivity contribution is 6.10. The molecule has 0 spiro atoms. The molecule has 0 atom stereocenters. The van der Waals surface area contributed by atoms with Crippen molar-refractivity contribution in [3.63, 3.8) is 0 Å². The normalized spacial score (nSPS) is 10.7. The number of ketones is 1. The largest absolute Gasteiger partial charge is 0.507 e. The molecule has 0 amide bonds. The second-order valence-corrected chi connectivity index (χ2v) is 6.61. The van der Waals surface area contributed by atoms with Crippen molar-refractivity contribution < 1.29 is 28.8 Å². The van der Waals surface area contributed by atoms with Gasteiger partial charge in [0.2, 0.25) is 0 Å². The van der Waals surface area contributed by atoms with Gasteiger partial charge in [-0.25, -0.2) is 0 Å². The summed E-state index contributed by atoms with van der Waals surface area (Å²) >= 11 is 0. The number of hydrogen-bond donors (Lipinski definition) is 1. The van der Waals surface area contributed by atoms with Gasteiger partial charge in [0.1, 0.15) is 29.4 Å². The molecule has 0 aliphatic heterocycles. The van der Waals surface area contributed by atoms with Crippen molar-refractivity contribution >= 4 is 11.9 Å². The van der Waals surface area contributed by atoms with Crippen LogP contribution < -0.4 is 18.9 Å². The summed E-state index contributed by atoms with van der Waals surface area (Å²) in [4.78, 5) is 12.7. The van der Waals surface area contributed by atoms with Crippen LogP contribution in [0.15, 0.2) is 66.7 Å². The van der Waals surface area contributed by atoms with Crippen LogP contribution in [0.5, 0.6) is 28.7 Å². The predicted molar refractivity (Wildman–Crippen MR) is 118 cm³/mol. The number of carbonyl (C=O) groups is 1. The highest BCUT2D eigenvalue weighted by atomic mass is 16.5. The van der Waals surface area contributed by atoms with Gasteiger partial charge >= 0.3 is 0 Å². The van der Waals surface area contributed by atoms with Crippen LogP contribution >= 0.6 is 0 Å². The van der Waals surface area contributed by atoms with Gasteiger partial charge in [-0.1, -0.05) is 42.5 Å². The van der Waals surface area contributed by atoms with Crippen LogP contribution in [0.25, 0.3) is 6.08 Å². The molecule has 6 nitrogen and oxygen atoms in total. The summed E-state index contributed by atoms with van der Waals surface area (Å²) in [7, 11) is 4.47. The fourth-order valence-corrected chi connectivity index (χ4v) is 3.00. The topological polar surface area (TPSA) is 74.2 Å². The molecule has 0 aliphatic rings. The van der Waals surface area contributed by atoms with E-state index in [0.717, 1.165) is 11.1 Å². The van der Waals surface area contributed by atoms with Gasteiger partial charge in [-0.15, -0.1) is 0 Å². The van der Waals surface area contributed by atoms with Crippen molar-refractivity contribution in [1.29, 1.82) is 0 Å². The van der Waals surface area contributed by atoms with E-state index in [9.17, 15) is 9.90 Å². The molecule has 0 saturated heterocycles. The lowest BCUT2D eigenvalue weighted by Crippen LogP contribution is -2.01. The molecule has 3 rings (SSSR count). The van der Waals surface area contributed by atoms with E-state index < -0.39 is 5.78 Å². The maximum atomic E-state index is 12.7. The van der Waals surface area contributed by atoms with Crippen LogP contribution in [0.3, 0.4) is 0 Å². The van der Waals surface area contributed by atoms with Gasteiger partial charge < -0.3 is 24.1 Å². The van der Waals surface area contributed by atoms with E-state index in [1.54, 1.807) is 31.4 Å². The minimum absolute atomic E-state index is 0.0635. The van der Waals surface area contributed by atoms with E-state index >= 15 is 0 Å². The molecule has 1 N–H and O–H groups in total. The summed E-state index contributed by atoms with van der Waals surface area (Å²) in [6.07, 6.45) is 3.01. The fourth-order valence-electron chi connectivity index (χ4n) is 3.00. The Morgan fingerprint density at radius 2 is 1.61 bits per heavy atom. The number of allylic oxidation sites excluding steroid dienone is 1. The van der Waals surface area contributed by atoms with Crippen molar-refractivity contribution in [2.75, 3.05) is 21.3 Å². The highest BCUT2D eigenvalue weighted by Gasteiger charge is 2.17. The molecule has 0 aromatic heterocycles. The van der Waals surface area contributed by atoms with Gasteiger partial charge in [0, 0.05) is 12.1 Å². The third kappa shape index (κ3) is 5.36. The third-order valence-corrected chi connectivity index (χ3v) is 4.61. The first-order chi connectivity index (χ1) is 15.0.